The first kappa shape index (κ1) is 21.5. The molecule has 0 radical (unpaired) electrons. The standard InChI is InChI=1S/C24H26ClFN2O3/c1-29-21-10-8-17(23(30-2)24(21)31-3)22-20-6-4-11-27(20)12-5-13-28(22)15-16-7-9-19(26)18(25)14-16/h4,6-11,14,22H,5,12-13,15H2,1-3H3. The van der Waals surface area contributed by atoms with Crippen molar-refractivity contribution in [2.45, 2.75) is 25.6 Å². The zero-order valence-corrected chi connectivity index (χ0v) is 18.7. The molecule has 0 spiro atoms. The Labute approximate surface area is 186 Å². The van der Waals surface area contributed by atoms with Gasteiger partial charge in [0, 0.05) is 37.1 Å². The first-order valence-electron chi connectivity index (χ1n) is 10.2. The van der Waals surface area contributed by atoms with Gasteiger partial charge in [0.1, 0.15) is 5.82 Å². The van der Waals surface area contributed by atoms with Crippen molar-refractivity contribution in [2.75, 3.05) is 27.9 Å². The fraction of sp³-hybridized carbons (Fsp3) is 0.333. The second-order valence-electron chi connectivity index (χ2n) is 7.53. The van der Waals surface area contributed by atoms with Crippen molar-refractivity contribution in [3.63, 3.8) is 0 Å². The molecule has 1 atom stereocenters. The molecule has 2 heterocycles. The lowest BCUT2D eigenvalue weighted by Gasteiger charge is -2.32. The van der Waals surface area contributed by atoms with E-state index in [4.69, 9.17) is 25.8 Å². The van der Waals surface area contributed by atoms with Crippen molar-refractivity contribution >= 4 is 11.6 Å². The maximum absolute atomic E-state index is 13.7. The first-order valence-corrected chi connectivity index (χ1v) is 10.6. The van der Waals surface area contributed by atoms with E-state index in [1.807, 2.05) is 12.1 Å². The van der Waals surface area contributed by atoms with E-state index in [1.165, 1.54) is 6.07 Å². The Morgan fingerprint density at radius 3 is 2.52 bits per heavy atom. The second kappa shape index (κ2) is 9.20. The summed E-state index contributed by atoms with van der Waals surface area (Å²) in [5, 5.41) is 0.135. The van der Waals surface area contributed by atoms with E-state index in [2.05, 4.69) is 27.8 Å². The molecule has 1 unspecified atom stereocenters. The van der Waals surface area contributed by atoms with Gasteiger partial charge in [-0.1, -0.05) is 17.7 Å². The maximum Gasteiger partial charge on any atom is 0.203 e. The van der Waals surface area contributed by atoms with Crippen molar-refractivity contribution in [3.8, 4) is 17.2 Å². The van der Waals surface area contributed by atoms with Crippen LogP contribution in [0.1, 0.15) is 29.3 Å². The molecule has 7 heteroatoms. The topological polar surface area (TPSA) is 35.9 Å². The van der Waals surface area contributed by atoms with Gasteiger partial charge in [0.05, 0.1) is 32.4 Å². The van der Waals surface area contributed by atoms with E-state index in [0.717, 1.165) is 36.3 Å². The monoisotopic (exact) mass is 444 g/mol. The third kappa shape index (κ3) is 4.10. The van der Waals surface area contributed by atoms with Crippen molar-refractivity contribution in [3.05, 3.63) is 76.3 Å². The molecule has 2 aromatic carbocycles. The minimum absolute atomic E-state index is 0.0870. The van der Waals surface area contributed by atoms with Gasteiger partial charge in [0.25, 0.3) is 0 Å². The molecule has 1 aliphatic heterocycles. The molecular formula is C24H26ClFN2O3. The average Bonchev–Trinajstić information content (AvgIpc) is 3.17. The fourth-order valence-corrected chi connectivity index (χ4v) is 4.58. The predicted molar refractivity (Wildman–Crippen MR) is 119 cm³/mol. The normalized spacial score (nSPS) is 16.5. The molecule has 0 saturated carbocycles. The van der Waals surface area contributed by atoms with Gasteiger partial charge < -0.3 is 18.8 Å². The molecule has 1 aromatic heterocycles. The smallest absolute Gasteiger partial charge is 0.203 e. The van der Waals surface area contributed by atoms with Crippen LogP contribution in [0.25, 0.3) is 0 Å². The van der Waals surface area contributed by atoms with Crippen LogP contribution >= 0.6 is 11.6 Å². The summed E-state index contributed by atoms with van der Waals surface area (Å²) in [4.78, 5) is 2.37. The molecule has 0 saturated heterocycles. The molecule has 0 aliphatic carbocycles. The summed E-state index contributed by atoms with van der Waals surface area (Å²) in [5.74, 6) is 1.41. The fourth-order valence-electron chi connectivity index (χ4n) is 4.38. The zero-order valence-electron chi connectivity index (χ0n) is 17.9. The number of fused-ring (bicyclic) bond motifs is 1. The van der Waals surface area contributed by atoms with E-state index in [0.29, 0.717) is 23.8 Å². The molecule has 4 rings (SSSR count). The van der Waals surface area contributed by atoms with Crippen LogP contribution in [0.3, 0.4) is 0 Å². The van der Waals surface area contributed by atoms with Gasteiger partial charge in [-0.3, -0.25) is 4.90 Å². The molecule has 0 amide bonds. The Bertz CT molecular complexity index is 1070. The number of methoxy groups -OCH3 is 3. The highest BCUT2D eigenvalue weighted by molar-refractivity contribution is 6.30. The summed E-state index contributed by atoms with van der Waals surface area (Å²) < 4.78 is 32.9. The number of ether oxygens (including phenoxy) is 3. The van der Waals surface area contributed by atoms with Crippen molar-refractivity contribution in [1.29, 1.82) is 0 Å². The lowest BCUT2D eigenvalue weighted by molar-refractivity contribution is 0.214. The van der Waals surface area contributed by atoms with E-state index < -0.39 is 5.82 Å². The largest absolute Gasteiger partial charge is 0.493 e. The molecule has 5 nitrogen and oxygen atoms in total. The van der Waals surface area contributed by atoms with Crippen LogP contribution in [-0.2, 0) is 13.1 Å². The average molecular weight is 445 g/mol. The van der Waals surface area contributed by atoms with Crippen molar-refractivity contribution in [2.24, 2.45) is 0 Å². The molecule has 3 aromatic rings. The first-order chi connectivity index (χ1) is 15.1. The summed E-state index contributed by atoms with van der Waals surface area (Å²) in [7, 11) is 4.86. The van der Waals surface area contributed by atoms with Gasteiger partial charge in [-0.15, -0.1) is 0 Å². The highest BCUT2D eigenvalue weighted by Gasteiger charge is 2.32. The lowest BCUT2D eigenvalue weighted by Crippen LogP contribution is -2.30. The number of rotatable bonds is 6. The van der Waals surface area contributed by atoms with E-state index in [1.54, 1.807) is 33.5 Å². The van der Waals surface area contributed by atoms with E-state index >= 15 is 0 Å². The Morgan fingerprint density at radius 2 is 1.81 bits per heavy atom. The number of aromatic nitrogens is 1. The summed E-state index contributed by atoms with van der Waals surface area (Å²) in [6.45, 7) is 2.40. The lowest BCUT2D eigenvalue weighted by atomic mass is 9.99. The number of hydrogen-bond acceptors (Lipinski definition) is 4. The van der Waals surface area contributed by atoms with Gasteiger partial charge in [-0.25, -0.2) is 4.39 Å². The molecular weight excluding hydrogens is 419 g/mol. The summed E-state index contributed by atoms with van der Waals surface area (Å²) in [5.41, 5.74) is 3.10. The Kier molecular flexibility index (Phi) is 6.39. The van der Waals surface area contributed by atoms with Gasteiger partial charge in [0.15, 0.2) is 11.5 Å². The quantitative estimate of drug-likeness (QED) is 0.516. The number of hydrogen-bond donors (Lipinski definition) is 0. The van der Waals surface area contributed by atoms with E-state index in [-0.39, 0.29) is 11.1 Å². The van der Waals surface area contributed by atoms with Crippen LogP contribution < -0.4 is 14.2 Å². The minimum atomic E-state index is -0.409. The SMILES string of the molecule is COc1ccc(C2c3cccn3CCCN2Cc2ccc(F)c(Cl)c2)c(OC)c1OC. The molecule has 0 N–H and O–H groups in total. The van der Waals surface area contributed by atoms with Crippen molar-refractivity contribution < 1.29 is 18.6 Å². The summed E-state index contributed by atoms with van der Waals surface area (Å²) >= 11 is 6.05. The van der Waals surface area contributed by atoms with Crippen LogP contribution in [0.4, 0.5) is 4.39 Å². The van der Waals surface area contributed by atoms with Crippen LogP contribution in [0, 0.1) is 5.82 Å². The van der Waals surface area contributed by atoms with Crippen LogP contribution in [0.5, 0.6) is 17.2 Å². The van der Waals surface area contributed by atoms with Gasteiger partial charge >= 0.3 is 0 Å². The third-order valence-electron chi connectivity index (χ3n) is 5.75. The maximum atomic E-state index is 13.7. The second-order valence-corrected chi connectivity index (χ2v) is 7.93. The minimum Gasteiger partial charge on any atom is -0.493 e. The van der Waals surface area contributed by atoms with Crippen LogP contribution in [-0.4, -0.2) is 37.3 Å². The molecule has 0 bridgehead atoms. The number of nitrogens with zero attached hydrogens (tertiary/aromatic N) is 2. The van der Waals surface area contributed by atoms with Crippen LogP contribution in [0.15, 0.2) is 48.7 Å². The number of benzene rings is 2. The van der Waals surface area contributed by atoms with E-state index in [9.17, 15) is 4.39 Å². The molecule has 0 fully saturated rings. The Morgan fingerprint density at radius 1 is 1.00 bits per heavy atom. The van der Waals surface area contributed by atoms with Gasteiger partial charge in [0.2, 0.25) is 5.75 Å². The predicted octanol–water partition coefficient (Wildman–Crippen LogP) is 5.30. The number of aryl methyl sites for hydroxylation is 1. The highest BCUT2D eigenvalue weighted by Crippen LogP contribution is 2.46. The third-order valence-corrected chi connectivity index (χ3v) is 6.04. The zero-order chi connectivity index (χ0) is 22.0. The van der Waals surface area contributed by atoms with Gasteiger partial charge in [-0.05, 0) is 48.4 Å². The summed E-state index contributed by atoms with van der Waals surface area (Å²) in [6.07, 6.45) is 3.09. The number of halogens is 2. The van der Waals surface area contributed by atoms with Crippen molar-refractivity contribution in [1.82, 2.24) is 9.47 Å². The summed E-state index contributed by atoms with van der Waals surface area (Å²) in [6, 6.07) is 12.9. The molecule has 1 aliphatic rings. The molecule has 31 heavy (non-hydrogen) atoms. The Balaban J connectivity index is 1.83. The van der Waals surface area contributed by atoms with Gasteiger partial charge in [-0.2, -0.15) is 0 Å². The highest BCUT2D eigenvalue weighted by atomic mass is 35.5. The van der Waals surface area contributed by atoms with Crippen LogP contribution in [0.2, 0.25) is 5.02 Å². The Hall–Kier alpha value is -2.70. The molecule has 164 valence electrons.